The zero-order valence-corrected chi connectivity index (χ0v) is 25.5. The summed E-state index contributed by atoms with van der Waals surface area (Å²) in [7, 11) is 0. The van der Waals surface area contributed by atoms with Crippen LogP contribution in [0.1, 0.15) is 22.3 Å². The van der Waals surface area contributed by atoms with Crippen LogP contribution in [0.2, 0.25) is 5.02 Å². The Bertz CT molecular complexity index is 1790. The highest BCUT2D eigenvalue weighted by Gasteiger charge is 2.30. The Kier molecular flexibility index (Phi) is 10.1. The number of halogens is 7. The van der Waals surface area contributed by atoms with Gasteiger partial charge in [-0.05, 0) is 81.4 Å². The summed E-state index contributed by atoms with van der Waals surface area (Å²) in [6, 6.07) is 28.8. The molecular formula is C37H25ClF6O4. The van der Waals surface area contributed by atoms with Gasteiger partial charge < -0.3 is 14.6 Å². The van der Waals surface area contributed by atoms with Crippen molar-refractivity contribution in [2.45, 2.75) is 12.4 Å². The average molecular weight is 683 g/mol. The van der Waals surface area contributed by atoms with Crippen LogP contribution in [0, 0.1) is 0 Å². The first-order chi connectivity index (χ1) is 22.8. The Morgan fingerprint density at radius 2 is 1.04 bits per heavy atom. The second-order valence-electron chi connectivity index (χ2n) is 10.5. The number of aliphatic carboxylic acids is 1. The summed E-state index contributed by atoms with van der Waals surface area (Å²) in [5.41, 5.74) is 3.45. The first kappa shape index (κ1) is 34.1. The van der Waals surface area contributed by atoms with E-state index in [1.807, 2.05) is 30.3 Å². The fourth-order valence-corrected chi connectivity index (χ4v) is 5.06. The van der Waals surface area contributed by atoms with Gasteiger partial charge in [0.1, 0.15) is 18.1 Å². The standard InChI is InChI=1S/C37H25ClF6O4/c38-33-21-31(17-18-34(33)48-22-35(45)46)47-20-19-32(27-5-1-23(2-6-27)25-9-13-29(14-10-25)36(39,40)41)28-7-3-24(4-8-28)26-11-15-30(16-12-26)37(42,43)44/h1-19,21H,20,22H2,(H,45,46). The number of carboxylic acid groups (broad SMARTS) is 1. The molecule has 0 aliphatic heterocycles. The number of alkyl halides is 6. The Balaban J connectivity index is 1.41. The van der Waals surface area contributed by atoms with Gasteiger partial charge in [0.05, 0.1) is 16.1 Å². The lowest BCUT2D eigenvalue weighted by Crippen LogP contribution is -2.09. The van der Waals surface area contributed by atoms with Crippen LogP contribution >= 0.6 is 11.6 Å². The smallest absolute Gasteiger partial charge is 0.416 e. The molecule has 4 nitrogen and oxygen atoms in total. The largest absolute Gasteiger partial charge is 0.489 e. The molecule has 246 valence electrons. The lowest BCUT2D eigenvalue weighted by molar-refractivity contribution is -0.139. The number of rotatable bonds is 10. The van der Waals surface area contributed by atoms with E-state index in [0.29, 0.717) is 28.0 Å². The number of hydrogen-bond donors (Lipinski definition) is 1. The minimum Gasteiger partial charge on any atom is -0.489 e. The summed E-state index contributed by atoms with van der Waals surface area (Å²) in [5, 5.41) is 8.98. The lowest BCUT2D eigenvalue weighted by atomic mass is 9.93. The van der Waals surface area contributed by atoms with Crippen molar-refractivity contribution >= 4 is 23.1 Å². The highest BCUT2D eigenvalue weighted by atomic mass is 35.5. The van der Waals surface area contributed by atoms with Crippen molar-refractivity contribution in [2.24, 2.45) is 0 Å². The maximum absolute atomic E-state index is 13.0. The van der Waals surface area contributed by atoms with Gasteiger partial charge in [-0.1, -0.05) is 84.4 Å². The molecule has 0 unspecified atom stereocenters. The Labute approximate surface area is 276 Å². The van der Waals surface area contributed by atoms with Gasteiger partial charge in [0.25, 0.3) is 0 Å². The molecule has 5 aromatic carbocycles. The molecule has 1 N–H and O–H groups in total. The maximum Gasteiger partial charge on any atom is 0.416 e. The van der Waals surface area contributed by atoms with Gasteiger partial charge in [-0.2, -0.15) is 26.3 Å². The van der Waals surface area contributed by atoms with Crippen molar-refractivity contribution in [2.75, 3.05) is 13.2 Å². The Morgan fingerprint density at radius 1 is 0.625 bits per heavy atom. The number of hydrogen-bond acceptors (Lipinski definition) is 3. The second-order valence-corrected chi connectivity index (χ2v) is 10.9. The molecule has 0 radical (unpaired) electrons. The monoisotopic (exact) mass is 682 g/mol. The summed E-state index contributed by atoms with van der Waals surface area (Å²) in [6.45, 7) is -0.469. The van der Waals surface area contributed by atoms with Gasteiger partial charge in [-0.15, -0.1) is 0 Å². The van der Waals surface area contributed by atoms with Gasteiger partial charge in [0, 0.05) is 6.07 Å². The molecule has 0 spiro atoms. The number of carboxylic acids is 1. The van der Waals surface area contributed by atoms with E-state index in [-0.39, 0.29) is 17.4 Å². The molecule has 0 atom stereocenters. The topological polar surface area (TPSA) is 55.8 Å². The summed E-state index contributed by atoms with van der Waals surface area (Å²) in [4.78, 5) is 10.8. The molecule has 0 saturated heterocycles. The van der Waals surface area contributed by atoms with Crippen LogP contribution in [0.3, 0.4) is 0 Å². The molecular weight excluding hydrogens is 658 g/mol. The molecule has 0 aromatic heterocycles. The molecule has 0 bridgehead atoms. The molecule has 0 amide bonds. The molecule has 5 rings (SSSR count). The molecule has 0 aliphatic carbocycles. The van der Waals surface area contributed by atoms with Crippen LogP contribution in [0.25, 0.3) is 27.8 Å². The first-order valence-electron chi connectivity index (χ1n) is 14.3. The third-order valence-corrected chi connectivity index (χ3v) is 7.57. The van der Waals surface area contributed by atoms with Crippen molar-refractivity contribution in [1.29, 1.82) is 0 Å². The van der Waals surface area contributed by atoms with Gasteiger partial charge in [-0.25, -0.2) is 4.79 Å². The van der Waals surface area contributed by atoms with Crippen LogP contribution in [-0.4, -0.2) is 24.3 Å². The minimum atomic E-state index is -4.44. The van der Waals surface area contributed by atoms with E-state index >= 15 is 0 Å². The van der Waals surface area contributed by atoms with E-state index in [0.717, 1.165) is 41.0 Å². The zero-order valence-electron chi connectivity index (χ0n) is 24.8. The van der Waals surface area contributed by atoms with Gasteiger partial charge in [0.15, 0.2) is 6.61 Å². The predicted molar refractivity (Wildman–Crippen MR) is 171 cm³/mol. The molecule has 48 heavy (non-hydrogen) atoms. The Hall–Kier alpha value is -5.22. The van der Waals surface area contributed by atoms with Gasteiger partial charge >= 0.3 is 18.3 Å². The van der Waals surface area contributed by atoms with Crippen molar-refractivity contribution < 1.29 is 45.7 Å². The van der Waals surface area contributed by atoms with Crippen LogP contribution < -0.4 is 9.47 Å². The van der Waals surface area contributed by atoms with Crippen molar-refractivity contribution in [3.05, 3.63) is 149 Å². The normalized spacial score (nSPS) is 11.6. The van der Waals surface area contributed by atoms with Crippen LogP contribution in [0.4, 0.5) is 26.3 Å². The molecule has 0 fully saturated rings. The van der Waals surface area contributed by atoms with E-state index in [1.54, 1.807) is 30.3 Å². The maximum atomic E-state index is 13.0. The molecule has 0 saturated carbocycles. The van der Waals surface area contributed by atoms with Crippen molar-refractivity contribution in [3.63, 3.8) is 0 Å². The summed E-state index contributed by atoms with van der Waals surface area (Å²) >= 11 is 6.21. The number of benzene rings is 5. The molecule has 5 aromatic rings. The Morgan fingerprint density at radius 3 is 1.42 bits per heavy atom. The highest BCUT2D eigenvalue weighted by Crippen LogP contribution is 2.34. The summed E-state index contributed by atoms with van der Waals surface area (Å²) < 4.78 is 89.2. The van der Waals surface area contributed by atoms with Crippen LogP contribution in [0.5, 0.6) is 11.5 Å². The predicted octanol–water partition coefficient (Wildman–Crippen LogP) is 10.7. The van der Waals surface area contributed by atoms with Crippen LogP contribution in [-0.2, 0) is 17.1 Å². The van der Waals surface area contributed by atoms with E-state index in [1.165, 1.54) is 36.4 Å². The first-order valence-corrected chi connectivity index (χ1v) is 14.7. The SMILES string of the molecule is O=C(O)COc1ccc(OCC=C(c2ccc(-c3ccc(C(F)(F)F)cc3)cc2)c2ccc(-c3ccc(C(F)(F)F)cc3)cc2)cc1Cl. The van der Waals surface area contributed by atoms with Crippen LogP contribution in [0.15, 0.2) is 121 Å². The van der Waals surface area contributed by atoms with E-state index in [2.05, 4.69) is 0 Å². The van der Waals surface area contributed by atoms with E-state index in [9.17, 15) is 31.1 Å². The fraction of sp³-hybridized carbons (Fsp3) is 0.108. The zero-order chi connectivity index (χ0) is 34.5. The third-order valence-electron chi connectivity index (χ3n) is 7.27. The fourth-order valence-electron chi connectivity index (χ4n) is 4.84. The van der Waals surface area contributed by atoms with Gasteiger partial charge in [-0.3, -0.25) is 0 Å². The quantitative estimate of drug-likeness (QED) is 0.149. The second kappa shape index (κ2) is 14.3. The highest BCUT2D eigenvalue weighted by molar-refractivity contribution is 6.32. The van der Waals surface area contributed by atoms with Gasteiger partial charge in [0.2, 0.25) is 0 Å². The van der Waals surface area contributed by atoms with Crippen molar-refractivity contribution in [3.8, 4) is 33.8 Å². The number of carbonyl (C=O) groups is 1. The average Bonchev–Trinajstić information content (AvgIpc) is 3.06. The minimum absolute atomic E-state index is 0.0856. The number of ether oxygens (including phenoxy) is 2. The summed E-state index contributed by atoms with van der Waals surface area (Å²) in [5.74, 6) is -0.568. The van der Waals surface area contributed by atoms with E-state index in [4.69, 9.17) is 26.2 Å². The van der Waals surface area contributed by atoms with Crippen molar-refractivity contribution in [1.82, 2.24) is 0 Å². The molecule has 0 aliphatic rings. The van der Waals surface area contributed by atoms with E-state index < -0.39 is 36.1 Å². The molecule has 0 heterocycles. The lowest BCUT2D eigenvalue weighted by Gasteiger charge is -2.13. The summed E-state index contributed by atoms with van der Waals surface area (Å²) in [6.07, 6.45) is -7.05. The molecule has 11 heteroatoms. The third kappa shape index (κ3) is 8.57.